The van der Waals surface area contributed by atoms with E-state index < -0.39 is 5.91 Å². The Hall–Kier alpha value is -2.04. The van der Waals surface area contributed by atoms with Crippen LogP contribution < -0.4 is 16.4 Å². The van der Waals surface area contributed by atoms with Crippen molar-refractivity contribution in [3.8, 4) is 0 Å². The number of nitrogens with one attached hydrogen (secondary N) is 2. The summed E-state index contributed by atoms with van der Waals surface area (Å²) in [4.78, 5) is 15.6. The smallest absolute Gasteiger partial charge is 0.248 e. The molecule has 5 nitrogen and oxygen atoms in total. The third-order valence-electron chi connectivity index (χ3n) is 3.50. The molecule has 0 atom stereocenters. The number of hydrogen-bond donors (Lipinski definition) is 3. The maximum Gasteiger partial charge on any atom is 0.248 e. The minimum Gasteiger partial charge on any atom is -0.366 e. The Bertz CT molecular complexity index is 494. The zero-order chi connectivity index (χ0) is 17.1. The number of carbonyl (C=O) groups excluding carboxylic acids is 1. The monoisotopic (exact) mass is 318 g/mol. The fourth-order valence-corrected chi connectivity index (χ4v) is 2.17. The van der Waals surface area contributed by atoms with E-state index in [1.165, 1.54) is 12.8 Å². The molecule has 0 fully saturated rings. The number of hydrogen-bond acceptors (Lipinski definition) is 2. The van der Waals surface area contributed by atoms with E-state index in [9.17, 15) is 4.79 Å². The maximum absolute atomic E-state index is 11.1. The van der Waals surface area contributed by atoms with Crippen molar-refractivity contribution in [2.75, 3.05) is 13.1 Å². The molecule has 0 aliphatic carbocycles. The molecule has 0 aliphatic heterocycles. The molecule has 0 bridgehead atoms. The van der Waals surface area contributed by atoms with E-state index in [1.54, 1.807) is 12.1 Å². The number of aliphatic imine (C=N–C) groups is 1. The Balaban J connectivity index is 2.45. The first-order valence-corrected chi connectivity index (χ1v) is 8.43. The molecule has 1 aromatic carbocycles. The van der Waals surface area contributed by atoms with Gasteiger partial charge in [0.25, 0.3) is 0 Å². The molecule has 1 rings (SSSR count). The first kappa shape index (κ1) is 19.0. The summed E-state index contributed by atoms with van der Waals surface area (Å²) in [6.07, 6.45) is 3.65. The summed E-state index contributed by atoms with van der Waals surface area (Å²) in [5, 5.41) is 6.61. The topological polar surface area (TPSA) is 79.5 Å². The van der Waals surface area contributed by atoms with E-state index in [2.05, 4.69) is 36.4 Å². The molecule has 0 aliphatic rings. The molecular weight excluding hydrogens is 288 g/mol. The molecule has 0 spiro atoms. The van der Waals surface area contributed by atoms with Gasteiger partial charge in [0.05, 0.1) is 6.54 Å². The molecule has 0 unspecified atom stereocenters. The molecule has 23 heavy (non-hydrogen) atoms. The highest BCUT2D eigenvalue weighted by Gasteiger charge is 2.01. The summed E-state index contributed by atoms with van der Waals surface area (Å²) >= 11 is 0. The van der Waals surface area contributed by atoms with E-state index >= 15 is 0 Å². The molecule has 0 aromatic heterocycles. The van der Waals surface area contributed by atoms with Gasteiger partial charge in [-0.05, 0) is 37.0 Å². The second kappa shape index (κ2) is 10.6. The molecular formula is C18H30N4O. The number of nitrogens with zero attached hydrogens (tertiary/aromatic N) is 1. The summed E-state index contributed by atoms with van der Waals surface area (Å²) in [6, 6.07) is 7.24. The van der Waals surface area contributed by atoms with Gasteiger partial charge in [-0.1, -0.05) is 38.8 Å². The Morgan fingerprint density at radius 1 is 1.17 bits per heavy atom. The standard InChI is InChI=1S/C18H30N4O/c1-4-20-18(21-12-6-5-7-14(2)3)22-13-15-8-10-16(11-9-15)17(19)23/h8-11,14H,4-7,12-13H2,1-3H3,(H2,19,23)(H2,20,21,22). The van der Waals surface area contributed by atoms with Gasteiger partial charge >= 0.3 is 0 Å². The van der Waals surface area contributed by atoms with Crippen LogP contribution in [0.1, 0.15) is 56.0 Å². The summed E-state index contributed by atoms with van der Waals surface area (Å²) < 4.78 is 0. The van der Waals surface area contributed by atoms with Crippen LogP contribution in [-0.2, 0) is 6.54 Å². The number of guanidine groups is 1. The van der Waals surface area contributed by atoms with Gasteiger partial charge in [0, 0.05) is 18.7 Å². The van der Waals surface area contributed by atoms with Crippen molar-refractivity contribution >= 4 is 11.9 Å². The molecule has 1 amide bonds. The van der Waals surface area contributed by atoms with Crippen LogP contribution in [0, 0.1) is 5.92 Å². The van der Waals surface area contributed by atoms with E-state index in [4.69, 9.17) is 5.73 Å². The van der Waals surface area contributed by atoms with Crippen LogP contribution in [0.5, 0.6) is 0 Å². The zero-order valence-corrected chi connectivity index (χ0v) is 14.6. The van der Waals surface area contributed by atoms with Gasteiger partial charge in [0.15, 0.2) is 5.96 Å². The fourth-order valence-electron chi connectivity index (χ4n) is 2.17. The lowest BCUT2D eigenvalue weighted by Gasteiger charge is -2.11. The highest BCUT2D eigenvalue weighted by atomic mass is 16.1. The van der Waals surface area contributed by atoms with Crippen molar-refractivity contribution < 1.29 is 4.79 Å². The van der Waals surface area contributed by atoms with Gasteiger partial charge in [0.1, 0.15) is 0 Å². The Morgan fingerprint density at radius 2 is 1.87 bits per heavy atom. The molecule has 0 saturated carbocycles. The van der Waals surface area contributed by atoms with Crippen LogP contribution in [-0.4, -0.2) is 25.0 Å². The minimum atomic E-state index is -0.406. The number of carbonyl (C=O) groups is 1. The van der Waals surface area contributed by atoms with Crippen LogP contribution >= 0.6 is 0 Å². The first-order chi connectivity index (χ1) is 11.0. The average molecular weight is 318 g/mol. The molecule has 5 heteroatoms. The minimum absolute atomic E-state index is 0.406. The SMILES string of the molecule is CCNC(=NCc1ccc(C(N)=O)cc1)NCCCCC(C)C. The van der Waals surface area contributed by atoms with Crippen molar-refractivity contribution in [1.82, 2.24) is 10.6 Å². The van der Waals surface area contributed by atoms with Gasteiger partial charge in [-0.2, -0.15) is 0 Å². The second-order valence-corrected chi connectivity index (χ2v) is 6.07. The quantitative estimate of drug-likeness (QED) is 0.372. The second-order valence-electron chi connectivity index (χ2n) is 6.07. The van der Waals surface area contributed by atoms with E-state index in [0.29, 0.717) is 12.1 Å². The summed E-state index contributed by atoms with van der Waals surface area (Å²) in [5.74, 6) is 1.19. The number of benzene rings is 1. The normalized spacial score (nSPS) is 11.6. The lowest BCUT2D eigenvalue weighted by atomic mass is 10.1. The van der Waals surface area contributed by atoms with Crippen molar-refractivity contribution in [1.29, 1.82) is 0 Å². The molecule has 128 valence electrons. The highest BCUT2D eigenvalue weighted by Crippen LogP contribution is 2.06. The molecule has 0 heterocycles. The predicted molar refractivity (Wildman–Crippen MR) is 96.5 cm³/mol. The maximum atomic E-state index is 11.1. The largest absolute Gasteiger partial charge is 0.366 e. The van der Waals surface area contributed by atoms with E-state index in [0.717, 1.165) is 37.0 Å². The van der Waals surface area contributed by atoms with Crippen molar-refractivity contribution in [2.24, 2.45) is 16.6 Å². The first-order valence-electron chi connectivity index (χ1n) is 8.43. The molecule has 0 radical (unpaired) electrons. The van der Waals surface area contributed by atoms with E-state index in [-0.39, 0.29) is 0 Å². The van der Waals surface area contributed by atoms with Gasteiger partial charge < -0.3 is 16.4 Å². The van der Waals surface area contributed by atoms with Crippen LogP contribution in [0.2, 0.25) is 0 Å². The van der Waals surface area contributed by atoms with Gasteiger partial charge in [-0.3, -0.25) is 4.79 Å². The number of unbranched alkanes of at least 4 members (excludes halogenated alkanes) is 1. The number of rotatable bonds is 9. The van der Waals surface area contributed by atoms with Gasteiger partial charge in [0.2, 0.25) is 5.91 Å². The van der Waals surface area contributed by atoms with Crippen LogP contribution in [0.25, 0.3) is 0 Å². The Morgan fingerprint density at radius 3 is 2.43 bits per heavy atom. The van der Waals surface area contributed by atoms with Crippen molar-refractivity contribution in [3.63, 3.8) is 0 Å². The predicted octanol–water partition coefficient (Wildman–Crippen LogP) is 2.67. The number of amides is 1. The van der Waals surface area contributed by atoms with Crippen LogP contribution in [0.15, 0.2) is 29.3 Å². The summed E-state index contributed by atoms with van der Waals surface area (Å²) in [5.41, 5.74) is 6.81. The van der Waals surface area contributed by atoms with Crippen molar-refractivity contribution in [2.45, 2.75) is 46.6 Å². The number of nitrogens with two attached hydrogens (primary N) is 1. The van der Waals surface area contributed by atoms with Gasteiger partial charge in [-0.15, -0.1) is 0 Å². The fraction of sp³-hybridized carbons (Fsp3) is 0.556. The summed E-state index contributed by atoms with van der Waals surface area (Å²) in [7, 11) is 0. The third kappa shape index (κ3) is 8.24. The summed E-state index contributed by atoms with van der Waals surface area (Å²) in [6.45, 7) is 8.89. The van der Waals surface area contributed by atoms with Crippen LogP contribution in [0.4, 0.5) is 0 Å². The average Bonchev–Trinajstić information content (AvgIpc) is 2.52. The Kier molecular flexibility index (Phi) is 8.80. The van der Waals surface area contributed by atoms with Gasteiger partial charge in [-0.25, -0.2) is 4.99 Å². The highest BCUT2D eigenvalue weighted by molar-refractivity contribution is 5.92. The molecule has 0 saturated heterocycles. The lowest BCUT2D eigenvalue weighted by molar-refractivity contribution is 0.100. The molecule has 1 aromatic rings. The van der Waals surface area contributed by atoms with E-state index in [1.807, 2.05) is 12.1 Å². The number of primary amides is 1. The van der Waals surface area contributed by atoms with Crippen LogP contribution in [0.3, 0.4) is 0 Å². The lowest BCUT2D eigenvalue weighted by Crippen LogP contribution is -2.37. The molecule has 4 N–H and O–H groups in total. The van der Waals surface area contributed by atoms with Crippen molar-refractivity contribution in [3.05, 3.63) is 35.4 Å². The Labute approximate surface area is 139 Å². The zero-order valence-electron chi connectivity index (χ0n) is 14.6. The third-order valence-corrected chi connectivity index (χ3v) is 3.50.